The van der Waals surface area contributed by atoms with Crippen LogP contribution >= 0.6 is 0 Å². The van der Waals surface area contributed by atoms with Gasteiger partial charge in [-0.2, -0.15) is 18.3 Å². The number of benzene rings is 2. The minimum atomic E-state index is -4.82. The first-order chi connectivity index (χ1) is 23.7. The molecular formula is C36H31F4N5O5. The van der Waals surface area contributed by atoms with Gasteiger partial charge in [-0.3, -0.25) is 9.59 Å². The number of methoxy groups -OCH3 is 1. The molecule has 10 nitrogen and oxygen atoms in total. The molecule has 50 heavy (non-hydrogen) atoms. The number of rotatable bonds is 9. The third-order valence-corrected chi connectivity index (χ3v) is 9.36. The molecule has 2 aliphatic rings. The zero-order valence-electron chi connectivity index (χ0n) is 26.8. The molecule has 3 aromatic heterocycles. The van der Waals surface area contributed by atoms with E-state index < -0.39 is 52.5 Å². The van der Waals surface area contributed by atoms with Gasteiger partial charge >= 0.3 is 6.18 Å². The zero-order chi connectivity index (χ0) is 35.6. The van der Waals surface area contributed by atoms with E-state index in [1.807, 2.05) is 6.07 Å². The monoisotopic (exact) mass is 689 g/mol. The summed E-state index contributed by atoms with van der Waals surface area (Å²) in [5, 5.41) is 19.9. The number of carbonyl (C=O) groups excluding carboxylic acids is 2. The quantitative estimate of drug-likeness (QED) is 0.180. The lowest BCUT2D eigenvalue weighted by molar-refractivity contribution is -0.137. The molecule has 0 saturated heterocycles. The smallest absolute Gasteiger partial charge is 0.416 e. The molecule has 5 aromatic rings. The van der Waals surface area contributed by atoms with Crippen molar-refractivity contribution in [1.29, 1.82) is 0 Å². The van der Waals surface area contributed by atoms with Crippen LogP contribution in [0.15, 0.2) is 72.8 Å². The highest BCUT2D eigenvalue weighted by atomic mass is 19.4. The highest BCUT2D eigenvalue weighted by Crippen LogP contribution is 2.47. The van der Waals surface area contributed by atoms with Crippen LogP contribution in [-0.4, -0.2) is 51.8 Å². The number of nitrogens with two attached hydrogens (primary N) is 1. The van der Waals surface area contributed by atoms with E-state index in [1.165, 1.54) is 26.2 Å². The molecule has 0 radical (unpaired) electrons. The van der Waals surface area contributed by atoms with Crippen LogP contribution in [0.5, 0.6) is 11.6 Å². The van der Waals surface area contributed by atoms with Gasteiger partial charge < -0.3 is 25.6 Å². The molecule has 14 heteroatoms. The van der Waals surface area contributed by atoms with Gasteiger partial charge in [0.25, 0.3) is 5.91 Å². The van der Waals surface area contributed by atoms with Crippen LogP contribution in [0.3, 0.4) is 0 Å². The van der Waals surface area contributed by atoms with Crippen molar-refractivity contribution in [1.82, 2.24) is 19.9 Å². The Balaban J connectivity index is 1.34. The molecule has 1 fully saturated rings. The fourth-order valence-corrected chi connectivity index (χ4v) is 6.17. The Kier molecular flexibility index (Phi) is 7.81. The molecule has 4 N–H and O–H groups in total. The Morgan fingerprint density at radius 1 is 1.08 bits per heavy atom. The number of aliphatic hydroxyl groups is 1. The van der Waals surface area contributed by atoms with E-state index in [1.54, 1.807) is 40.9 Å². The molecule has 7 rings (SSSR count). The standard InChI is InChI=1S/C36H31F4N5O5/c1-34(33(41)47)18-50-31-25(34)16-28(43-30(31)24-14-22(36(38,39)40)10-11-26(24)37)35(48,21-6-4-3-5-7-21)17-42-32(46)20-12-23-15-27(19-8-9-19)44-45(23)29(13-20)49-2/h3-7,10-16,19,48H,8-9,17-18H2,1-2H3,(H2,41,47)(H,42,46)/t34-,35+/m0/s1. The Bertz CT molecular complexity index is 2170. The topological polar surface area (TPSA) is 141 Å². The number of hydrogen-bond acceptors (Lipinski definition) is 7. The van der Waals surface area contributed by atoms with Crippen LogP contribution < -0.4 is 20.5 Å². The molecule has 0 spiro atoms. The summed E-state index contributed by atoms with van der Waals surface area (Å²) in [6, 6.07) is 16.3. The van der Waals surface area contributed by atoms with Crippen LogP contribution in [0, 0.1) is 5.82 Å². The first-order valence-electron chi connectivity index (χ1n) is 15.7. The van der Waals surface area contributed by atoms with Crippen molar-refractivity contribution in [2.24, 2.45) is 5.73 Å². The second kappa shape index (κ2) is 11.8. The van der Waals surface area contributed by atoms with E-state index in [0.29, 0.717) is 35.5 Å². The van der Waals surface area contributed by atoms with Crippen molar-refractivity contribution in [2.45, 2.75) is 42.9 Å². The molecule has 1 aliphatic heterocycles. The minimum absolute atomic E-state index is 0.0879. The van der Waals surface area contributed by atoms with E-state index in [2.05, 4.69) is 15.4 Å². The lowest BCUT2D eigenvalue weighted by atomic mass is 9.80. The molecule has 258 valence electrons. The molecule has 0 bridgehead atoms. The summed E-state index contributed by atoms with van der Waals surface area (Å²) in [7, 11) is 1.46. The third kappa shape index (κ3) is 5.58. The van der Waals surface area contributed by atoms with Crippen LogP contribution in [-0.2, 0) is 22.0 Å². The van der Waals surface area contributed by atoms with Crippen molar-refractivity contribution < 1.29 is 41.7 Å². The minimum Gasteiger partial charge on any atom is -0.489 e. The number of amides is 2. The zero-order valence-corrected chi connectivity index (χ0v) is 26.8. The summed E-state index contributed by atoms with van der Waals surface area (Å²) in [6.45, 7) is 0.661. The van der Waals surface area contributed by atoms with Crippen molar-refractivity contribution in [3.05, 3.63) is 112 Å². The average molecular weight is 690 g/mol. The molecule has 1 saturated carbocycles. The van der Waals surface area contributed by atoms with Gasteiger partial charge in [-0.15, -0.1) is 0 Å². The SMILES string of the molecule is COc1cc(C(=O)NC[C@@](O)(c2ccccc2)c2cc3c(c(-c4cc(C(F)(F)F)ccc4F)n2)OC[C@]3(C)C(N)=O)cc2cc(C3CC3)nn12. The summed E-state index contributed by atoms with van der Waals surface area (Å²) in [4.78, 5) is 30.9. The largest absolute Gasteiger partial charge is 0.489 e. The lowest BCUT2D eigenvalue weighted by Gasteiger charge is -2.30. The highest BCUT2D eigenvalue weighted by Gasteiger charge is 2.46. The number of aromatic nitrogens is 3. The number of alkyl halides is 3. The van der Waals surface area contributed by atoms with Crippen molar-refractivity contribution in [3.63, 3.8) is 0 Å². The van der Waals surface area contributed by atoms with Crippen molar-refractivity contribution in [3.8, 4) is 22.9 Å². The summed E-state index contributed by atoms with van der Waals surface area (Å²) >= 11 is 0. The van der Waals surface area contributed by atoms with Gasteiger partial charge in [-0.05, 0) is 61.7 Å². The van der Waals surface area contributed by atoms with Gasteiger partial charge in [0.2, 0.25) is 11.8 Å². The van der Waals surface area contributed by atoms with E-state index >= 15 is 4.39 Å². The predicted octanol–water partition coefficient (Wildman–Crippen LogP) is 5.24. The Morgan fingerprint density at radius 3 is 2.48 bits per heavy atom. The number of halogens is 4. The lowest BCUT2D eigenvalue weighted by Crippen LogP contribution is -2.43. The second-order valence-electron chi connectivity index (χ2n) is 12.8. The maximum Gasteiger partial charge on any atom is 0.416 e. The molecule has 2 aromatic carbocycles. The van der Waals surface area contributed by atoms with E-state index in [4.69, 9.17) is 15.2 Å². The molecular weight excluding hydrogens is 658 g/mol. The maximum absolute atomic E-state index is 15.4. The van der Waals surface area contributed by atoms with Crippen LogP contribution in [0.1, 0.15) is 64.1 Å². The number of primary amides is 1. The molecule has 0 unspecified atom stereocenters. The molecule has 2 amide bonds. The van der Waals surface area contributed by atoms with Gasteiger partial charge in [-0.1, -0.05) is 30.3 Å². The first kappa shape index (κ1) is 33.0. The molecule has 4 heterocycles. The number of pyridine rings is 2. The Morgan fingerprint density at radius 2 is 1.82 bits per heavy atom. The average Bonchev–Trinajstić information content (AvgIpc) is 3.77. The second-order valence-corrected chi connectivity index (χ2v) is 12.8. The number of carbonyl (C=O) groups is 2. The normalized spacial score (nSPS) is 18.3. The first-order valence-corrected chi connectivity index (χ1v) is 15.7. The number of hydrogen-bond donors (Lipinski definition) is 3. The number of fused-ring (bicyclic) bond motifs is 2. The number of nitrogens with zero attached hydrogens (tertiary/aromatic N) is 3. The number of nitrogens with one attached hydrogen (secondary N) is 1. The van der Waals surface area contributed by atoms with Crippen LogP contribution in [0.4, 0.5) is 17.6 Å². The van der Waals surface area contributed by atoms with Gasteiger partial charge in [0.05, 0.1) is 36.1 Å². The fraction of sp³-hybridized carbons (Fsp3) is 0.278. The van der Waals surface area contributed by atoms with Crippen LogP contribution in [0.2, 0.25) is 0 Å². The van der Waals surface area contributed by atoms with Crippen LogP contribution in [0.25, 0.3) is 16.8 Å². The molecule has 2 atom stereocenters. The van der Waals surface area contributed by atoms with Gasteiger partial charge in [0.15, 0.2) is 0 Å². The van der Waals surface area contributed by atoms with E-state index in [9.17, 15) is 27.9 Å². The predicted molar refractivity (Wildman–Crippen MR) is 172 cm³/mol. The summed E-state index contributed by atoms with van der Waals surface area (Å²) < 4.78 is 69.6. The maximum atomic E-state index is 15.4. The van der Waals surface area contributed by atoms with Crippen molar-refractivity contribution in [2.75, 3.05) is 20.3 Å². The molecule has 1 aliphatic carbocycles. The Hall–Kier alpha value is -5.50. The summed E-state index contributed by atoms with van der Waals surface area (Å²) in [6.07, 6.45) is -2.76. The summed E-state index contributed by atoms with van der Waals surface area (Å²) in [5.74, 6) is -1.95. The number of ether oxygens (including phenoxy) is 2. The van der Waals surface area contributed by atoms with Gasteiger partial charge in [0.1, 0.15) is 34.9 Å². The summed E-state index contributed by atoms with van der Waals surface area (Å²) in [5.41, 5.74) is 1.84. The van der Waals surface area contributed by atoms with Gasteiger partial charge in [0, 0.05) is 28.7 Å². The Labute approximate surface area is 282 Å². The van der Waals surface area contributed by atoms with E-state index in [-0.39, 0.29) is 40.4 Å². The van der Waals surface area contributed by atoms with Gasteiger partial charge in [-0.25, -0.2) is 13.9 Å². The van der Waals surface area contributed by atoms with E-state index in [0.717, 1.165) is 18.5 Å². The fourth-order valence-electron chi connectivity index (χ4n) is 6.17. The third-order valence-electron chi connectivity index (χ3n) is 9.36. The highest BCUT2D eigenvalue weighted by molar-refractivity contribution is 5.96. The van der Waals surface area contributed by atoms with Crippen molar-refractivity contribution >= 4 is 17.3 Å².